The Bertz CT molecular complexity index is 440. The van der Waals surface area contributed by atoms with E-state index in [-0.39, 0.29) is 5.91 Å². The number of ether oxygens (including phenoxy) is 1. The lowest BCUT2D eigenvalue weighted by molar-refractivity contribution is -0.132. The van der Waals surface area contributed by atoms with Gasteiger partial charge in [-0.2, -0.15) is 0 Å². The molecule has 0 spiro atoms. The second-order valence-electron chi connectivity index (χ2n) is 5.00. The average Bonchev–Trinajstić information content (AvgIpc) is 2.43. The zero-order valence-electron chi connectivity index (χ0n) is 11.7. The van der Waals surface area contributed by atoms with Crippen LogP contribution in [0, 0.1) is 13.8 Å². The molecule has 2 rings (SSSR count). The van der Waals surface area contributed by atoms with Crippen LogP contribution in [-0.2, 0) is 4.79 Å². The highest BCUT2D eigenvalue weighted by molar-refractivity contribution is 5.76. The maximum absolute atomic E-state index is 12.0. The molecule has 1 aromatic rings. The molecular weight excluding hydrogens is 240 g/mol. The van der Waals surface area contributed by atoms with E-state index < -0.39 is 0 Å². The first-order valence-electron chi connectivity index (χ1n) is 6.85. The molecule has 1 fully saturated rings. The third kappa shape index (κ3) is 3.96. The summed E-state index contributed by atoms with van der Waals surface area (Å²) in [6.07, 6.45) is 0.452. The molecule has 0 saturated carbocycles. The van der Waals surface area contributed by atoms with E-state index in [0.29, 0.717) is 13.0 Å². The summed E-state index contributed by atoms with van der Waals surface area (Å²) in [7, 11) is 0. The largest absolute Gasteiger partial charge is 0.493 e. The molecule has 0 atom stereocenters. The van der Waals surface area contributed by atoms with Crippen LogP contribution in [0.5, 0.6) is 5.75 Å². The lowest BCUT2D eigenvalue weighted by Gasteiger charge is -2.27. The average molecular weight is 262 g/mol. The molecular formula is C15H22N2O2. The van der Waals surface area contributed by atoms with E-state index in [4.69, 9.17) is 4.74 Å². The number of carbonyl (C=O) groups excluding carboxylic acids is 1. The SMILES string of the molecule is Cc1ccc(C)c(OCCC(=O)N2CCNCC2)c1. The first-order valence-corrected chi connectivity index (χ1v) is 6.85. The molecule has 1 aliphatic heterocycles. The molecule has 1 aromatic carbocycles. The molecule has 0 aromatic heterocycles. The van der Waals surface area contributed by atoms with Crippen molar-refractivity contribution in [2.75, 3.05) is 32.8 Å². The predicted octanol–water partition coefficient (Wildman–Crippen LogP) is 1.50. The zero-order valence-corrected chi connectivity index (χ0v) is 11.7. The van der Waals surface area contributed by atoms with Crippen LogP contribution in [0.25, 0.3) is 0 Å². The predicted molar refractivity (Wildman–Crippen MR) is 75.5 cm³/mol. The summed E-state index contributed by atoms with van der Waals surface area (Å²) in [5.74, 6) is 1.07. The van der Waals surface area contributed by atoms with E-state index >= 15 is 0 Å². The Hall–Kier alpha value is -1.55. The van der Waals surface area contributed by atoms with E-state index in [0.717, 1.165) is 37.5 Å². The molecule has 0 radical (unpaired) electrons. The molecule has 1 saturated heterocycles. The molecule has 0 aliphatic carbocycles. The maximum atomic E-state index is 12.0. The van der Waals surface area contributed by atoms with E-state index in [2.05, 4.69) is 11.4 Å². The van der Waals surface area contributed by atoms with Gasteiger partial charge in [-0.1, -0.05) is 12.1 Å². The minimum absolute atomic E-state index is 0.187. The first-order chi connectivity index (χ1) is 9.16. The maximum Gasteiger partial charge on any atom is 0.226 e. The van der Waals surface area contributed by atoms with Crippen LogP contribution in [0.1, 0.15) is 17.5 Å². The topological polar surface area (TPSA) is 41.6 Å². The van der Waals surface area contributed by atoms with Gasteiger partial charge in [0.15, 0.2) is 0 Å². The number of nitrogens with zero attached hydrogens (tertiary/aromatic N) is 1. The molecule has 104 valence electrons. The number of rotatable bonds is 4. The van der Waals surface area contributed by atoms with Crippen molar-refractivity contribution in [2.45, 2.75) is 20.3 Å². The second kappa shape index (κ2) is 6.57. The second-order valence-corrected chi connectivity index (χ2v) is 5.00. The van der Waals surface area contributed by atoms with Gasteiger partial charge in [0.25, 0.3) is 0 Å². The lowest BCUT2D eigenvalue weighted by atomic mass is 10.1. The highest BCUT2D eigenvalue weighted by atomic mass is 16.5. The van der Waals surface area contributed by atoms with Gasteiger partial charge in [0.1, 0.15) is 5.75 Å². The summed E-state index contributed by atoms with van der Waals surface area (Å²) >= 11 is 0. The molecule has 4 heteroatoms. The van der Waals surface area contributed by atoms with Crippen LogP contribution in [0.2, 0.25) is 0 Å². The molecule has 0 unspecified atom stereocenters. The normalized spacial score (nSPS) is 15.4. The Kier molecular flexibility index (Phi) is 4.80. The molecule has 1 N–H and O–H groups in total. The van der Waals surface area contributed by atoms with Crippen LogP contribution in [-0.4, -0.2) is 43.6 Å². The van der Waals surface area contributed by atoms with Crippen LogP contribution in [0.4, 0.5) is 0 Å². The fourth-order valence-electron chi connectivity index (χ4n) is 2.18. The smallest absolute Gasteiger partial charge is 0.226 e. The minimum Gasteiger partial charge on any atom is -0.493 e. The number of amides is 1. The van der Waals surface area contributed by atoms with E-state index in [9.17, 15) is 4.79 Å². The van der Waals surface area contributed by atoms with Gasteiger partial charge in [0.05, 0.1) is 13.0 Å². The first kappa shape index (κ1) is 13.9. The van der Waals surface area contributed by atoms with Crippen molar-refractivity contribution in [1.29, 1.82) is 0 Å². The molecule has 4 nitrogen and oxygen atoms in total. The standard InChI is InChI=1S/C15H22N2O2/c1-12-3-4-13(2)14(11-12)19-10-5-15(18)17-8-6-16-7-9-17/h3-4,11,16H,5-10H2,1-2H3. The van der Waals surface area contributed by atoms with Gasteiger partial charge in [-0.25, -0.2) is 0 Å². The number of nitrogens with one attached hydrogen (secondary N) is 1. The van der Waals surface area contributed by atoms with Crippen LogP contribution in [0.3, 0.4) is 0 Å². The number of aryl methyl sites for hydroxylation is 2. The van der Waals surface area contributed by atoms with E-state index in [1.807, 2.05) is 30.9 Å². The molecule has 1 heterocycles. The van der Waals surface area contributed by atoms with Crippen molar-refractivity contribution in [1.82, 2.24) is 10.2 Å². The number of hydrogen-bond donors (Lipinski definition) is 1. The fraction of sp³-hybridized carbons (Fsp3) is 0.533. The third-order valence-corrected chi connectivity index (χ3v) is 3.39. The Morgan fingerprint density at radius 3 is 2.79 bits per heavy atom. The number of hydrogen-bond acceptors (Lipinski definition) is 3. The monoisotopic (exact) mass is 262 g/mol. The summed E-state index contributed by atoms with van der Waals surface area (Å²) < 4.78 is 5.72. The molecule has 0 bridgehead atoms. The Balaban J connectivity index is 1.79. The Labute approximate surface area is 114 Å². The van der Waals surface area contributed by atoms with Crippen molar-refractivity contribution in [3.05, 3.63) is 29.3 Å². The summed E-state index contributed by atoms with van der Waals surface area (Å²) in [4.78, 5) is 13.9. The fourth-order valence-corrected chi connectivity index (χ4v) is 2.18. The summed E-state index contributed by atoms with van der Waals surface area (Å²) in [5, 5.41) is 3.24. The summed E-state index contributed by atoms with van der Waals surface area (Å²) in [6, 6.07) is 6.13. The van der Waals surface area contributed by atoms with Crippen LogP contribution in [0.15, 0.2) is 18.2 Å². The van der Waals surface area contributed by atoms with Gasteiger partial charge >= 0.3 is 0 Å². The Morgan fingerprint density at radius 2 is 2.05 bits per heavy atom. The quantitative estimate of drug-likeness (QED) is 0.894. The van der Waals surface area contributed by atoms with Crippen LogP contribution >= 0.6 is 0 Å². The van der Waals surface area contributed by atoms with Gasteiger partial charge < -0.3 is 15.0 Å². The highest BCUT2D eigenvalue weighted by Gasteiger charge is 2.15. The van der Waals surface area contributed by atoms with E-state index in [1.54, 1.807) is 0 Å². The van der Waals surface area contributed by atoms with Gasteiger partial charge in [0, 0.05) is 26.2 Å². The minimum atomic E-state index is 0.187. The van der Waals surface area contributed by atoms with Crippen LogP contribution < -0.4 is 10.1 Å². The summed E-state index contributed by atoms with van der Waals surface area (Å²) in [5.41, 5.74) is 2.29. The third-order valence-electron chi connectivity index (χ3n) is 3.39. The van der Waals surface area contributed by atoms with Gasteiger partial charge in [-0.05, 0) is 31.0 Å². The zero-order chi connectivity index (χ0) is 13.7. The number of piperazine rings is 1. The highest BCUT2D eigenvalue weighted by Crippen LogP contribution is 2.19. The Morgan fingerprint density at radius 1 is 1.32 bits per heavy atom. The number of carbonyl (C=O) groups is 1. The van der Waals surface area contributed by atoms with Gasteiger partial charge in [-0.3, -0.25) is 4.79 Å². The van der Waals surface area contributed by atoms with Gasteiger partial charge in [-0.15, -0.1) is 0 Å². The molecule has 19 heavy (non-hydrogen) atoms. The number of benzene rings is 1. The summed E-state index contributed by atoms with van der Waals surface area (Å²) in [6.45, 7) is 7.91. The molecule has 1 amide bonds. The van der Waals surface area contributed by atoms with E-state index in [1.165, 1.54) is 5.56 Å². The lowest BCUT2D eigenvalue weighted by Crippen LogP contribution is -2.46. The van der Waals surface area contributed by atoms with Crippen molar-refractivity contribution in [2.24, 2.45) is 0 Å². The molecule has 1 aliphatic rings. The van der Waals surface area contributed by atoms with Crippen molar-refractivity contribution in [3.8, 4) is 5.75 Å². The van der Waals surface area contributed by atoms with Crippen molar-refractivity contribution in [3.63, 3.8) is 0 Å². The van der Waals surface area contributed by atoms with Crippen molar-refractivity contribution < 1.29 is 9.53 Å². The van der Waals surface area contributed by atoms with Gasteiger partial charge in [0.2, 0.25) is 5.91 Å². The van der Waals surface area contributed by atoms with Crippen molar-refractivity contribution >= 4 is 5.91 Å².